The fourth-order valence-corrected chi connectivity index (χ4v) is 0.876. The molecule has 2 aliphatic heterocycles. The summed E-state index contributed by atoms with van der Waals surface area (Å²) in [6, 6.07) is 0. The average Bonchev–Trinajstić information content (AvgIpc) is 3.37. The molecule has 2 saturated heterocycles. The topological polar surface area (TPSA) is 118 Å². The van der Waals surface area contributed by atoms with Gasteiger partial charge in [0.25, 0.3) is 0 Å². The van der Waals surface area contributed by atoms with Gasteiger partial charge in [-0.05, 0) is 13.8 Å². The number of carbonyl (C=O) groups is 2. The Kier molecular flexibility index (Phi) is 11.7. The minimum atomic E-state index is -0.935. The van der Waals surface area contributed by atoms with Crippen LogP contribution in [0.2, 0.25) is 0 Å². The van der Waals surface area contributed by atoms with E-state index in [-0.39, 0.29) is 11.1 Å². The number of epoxide rings is 2. The van der Waals surface area contributed by atoms with Gasteiger partial charge < -0.3 is 29.2 Å². The Morgan fingerprint density at radius 3 is 1.33 bits per heavy atom. The highest BCUT2D eigenvalue weighted by atomic mass is 16.6. The van der Waals surface area contributed by atoms with Gasteiger partial charge in [-0.15, -0.1) is 0 Å². The summed E-state index contributed by atoms with van der Waals surface area (Å²) in [6.07, 6.45) is 0.716. The van der Waals surface area contributed by atoms with Crippen LogP contribution in [0, 0.1) is 0 Å². The van der Waals surface area contributed by atoms with Crippen molar-refractivity contribution in [3.63, 3.8) is 0 Å². The van der Waals surface area contributed by atoms with Crippen molar-refractivity contribution in [2.45, 2.75) is 26.1 Å². The third-order valence-electron chi connectivity index (χ3n) is 2.51. The summed E-state index contributed by atoms with van der Waals surface area (Å²) in [6.45, 7) is 13.7. The minimum Gasteiger partial charge on any atom is -0.478 e. The lowest BCUT2D eigenvalue weighted by molar-refractivity contribution is -0.133. The van der Waals surface area contributed by atoms with Crippen LogP contribution in [-0.2, 0) is 28.5 Å². The molecule has 0 saturated carbocycles. The Morgan fingerprint density at radius 2 is 1.17 bits per heavy atom. The van der Waals surface area contributed by atoms with Crippen LogP contribution in [0.3, 0.4) is 0 Å². The lowest BCUT2D eigenvalue weighted by Crippen LogP contribution is -2.10. The Labute approximate surface area is 141 Å². The Balaban J connectivity index is 0.000000377. The molecule has 0 spiro atoms. The van der Waals surface area contributed by atoms with Crippen LogP contribution >= 0.6 is 0 Å². The maximum Gasteiger partial charge on any atom is 0.330 e. The van der Waals surface area contributed by atoms with E-state index in [0.717, 1.165) is 13.2 Å². The average molecular weight is 346 g/mol. The van der Waals surface area contributed by atoms with Crippen molar-refractivity contribution in [2.75, 3.05) is 39.6 Å². The third-order valence-corrected chi connectivity index (χ3v) is 2.51. The molecule has 24 heavy (non-hydrogen) atoms. The van der Waals surface area contributed by atoms with Gasteiger partial charge >= 0.3 is 11.9 Å². The predicted octanol–water partition coefficient (Wildman–Crippen LogP) is 1.11. The summed E-state index contributed by atoms with van der Waals surface area (Å²) in [4.78, 5) is 19.2. The van der Waals surface area contributed by atoms with Crippen molar-refractivity contribution >= 4 is 11.9 Å². The van der Waals surface area contributed by atoms with Crippen molar-refractivity contribution in [3.8, 4) is 0 Å². The summed E-state index contributed by atoms with van der Waals surface area (Å²) in [7, 11) is 0. The highest BCUT2D eigenvalue weighted by Gasteiger charge is 2.23. The highest BCUT2D eigenvalue weighted by Crippen LogP contribution is 2.09. The van der Waals surface area contributed by atoms with Crippen LogP contribution in [0.5, 0.6) is 0 Å². The first-order chi connectivity index (χ1) is 11.2. The molecule has 2 atom stereocenters. The number of rotatable bonds is 9. The van der Waals surface area contributed by atoms with Crippen LogP contribution in [0.1, 0.15) is 13.8 Å². The molecule has 2 rings (SSSR count). The molecular weight excluding hydrogens is 320 g/mol. The van der Waals surface area contributed by atoms with E-state index in [9.17, 15) is 9.59 Å². The van der Waals surface area contributed by atoms with Crippen LogP contribution in [0.4, 0.5) is 0 Å². The second-order valence-electron chi connectivity index (χ2n) is 5.23. The van der Waals surface area contributed by atoms with Gasteiger partial charge in [0.1, 0.15) is 12.2 Å². The molecule has 0 aromatic rings. The Morgan fingerprint density at radius 1 is 0.917 bits per heavy atom. The van der Waals surface area contributed by atoms with Crippen molar-refractivity contribution in [3.05, 3.63) is 24.3 Å². The second kappa shape index (κ2) is 12.7. The first-order valence-electron chi connectivity index (χ1n) is 7.40. The molecule has 2 fully saturated rings. The smallest absolute Gasteiger partial charge is 0.330 e. The van der Waals surface area contributed by atoms with Gasteiger partial charge in [0.05, 0.1) is 39.6 Å². The fourth-order valence-electron chi connectivity index (χ4n) is 0.876. The molecule has 0 bridgehead atoms. The van der Waals surface area contributed by atoms with Crippen molar-refractivity contribution in [1.29, 1.82) is 0 Å². The number of carboxylic acids is 2. The van der Waals surface area contributed by atoms with Crippen molar-refractivity contribution in [1.82, 2.24) is 0 Å². The highest BCUT2D eigenvalue weighted by molar-refractivity contribution is 5.85. The van der Waals surface area contributed by atoms with Gasteiger partial charge in [0, 0.05) is 11.1 Å². The van der Waals surface area contributed by atoms with Crippen LogP contribution in [0.15, 0.2) is 24.3 Å². The van der Waals surface area contributed by atoms with Crippen molar-refractivity contribution < 1.29 is 38.7 Å². The number of hydrogen-bond acceptors (Lipinski definition) is 6. The van der Waals surface area contributed by atoms with Crippen LogP contribution in [-0.4, -0.2) is 74.0 Å². The quantitative estimate of drug-likeness (QED) is 0.362. The molecule has 8 nitrogen and oxygen atoms in total. The maximum atomic E-state index is 9.60. The molecule has 0 aliphatic carbocycles. The fraction of sp³-hybridized carbons (Fsp3) is 0.625. The van der Waals surface area contributed by atoms with Crippen LogP contribution in [0.25, 0.3) is 0 Å². The Bertz CT molecular complexity index is 360. The zero-order chi connectivity index (χ0) is 18.5. The summed E-state index contributed by atoms with van der Waals surface area (Å²) < 4.78 is 20.5. The molecule has 138 valence electrons. The minimum absolute atomic E-state index is 0.176. The van der Waals surface area contributed by atoms with E-state index in [0.29, 0.717) is 38.6 Å². The van der Waals surface area contributed by atoms with E-state index in [2.05, 4.69) is 13.2 Å². The molecule has 2 heterocycles. The van der Waals surface area contributed by atoms with E-state index in [1.807, 2.05) is 0 Å². The molecule has 2 unspecified atom stereocenters. The zero-order valence-corrected chi connectivity index (χ0v) is 14.2. The largest absolute Gasteiger partial charge is 0.478 e. The van der Waals surface area contributed by atoms with E-state index in [1.165, 1.54) is 13.8 Å². The van der Waals surface area contributed by atoms with E-state index >= 15 is 0 Å². The summed E-state index contributed by atoms with van der Waals surface area (Å²) in [5.41, 5.74) is 0.352. The summed E-state index contributed by atoms with van der Waals surface area (Å²) >= 11 is 0. The lowest BCUT2D eigenvalue weighted by atomic mass is 10.4. The second-order valence-corrected chi connectivity index (χ2v) is 5.23. The van der Waals surface area contributed by atoms with Crippen LogP contribution < -0.4 is 0 Å². The first kappa shape index (κ1) is 22.3. The zero-order valence-electron chi connectivity index (χ0n) is 14.2. The predicted molar refractivity (Wildman–Crippen MR) is 86.0 cm³/mol. The molecule has 0 amide bonds. The standard InChI is InChI=1S/C8H14O4.2C4H6O2/c1(9-3-7-5-11-7)2-10-4-8-6-12-8;2*1-3(2)4(5)6/h7-8H,1-6H2;2*1H2,2H3,(H,5,6). The number of ether oxygens (including phenoxy) is 4. The maximum absolute atomic E-state index is 9.60. The van der Waals surface area contributed by atoms with Gasteiger partial charge in [-0.2, -0.15) is 0 Å². The first-order valence-corrected chi connectivity index (χ1v) is 7.40. The molecule has 2 N–H and O–H groups in total. The Hall–Kier alpha value is -1.74. The molecule has 0 aromatic carbocycles. The number of carboxylic acid groups (broad SMARTS) is 2. The SMILES string of the molecule is C(COCC1CO1)OCC1CO1.C=C(C)C(=O)O.C=C(C)C(=O)O. The summed E-state index contributed by atoms with van der Waals surface area (Å²) in [5.74, 6) is -1.87. The summed E-state index contributed by atoms with van der Waals surface area (Å²) in [5, 5.41) is 15.8. The number of aliphatic carboxylic acids is 2. The van der Waals surface area contributed by atoms with Gasteiger partial charge in [-0.1, -0.05) is 13.2 Å². The van der Waals surface area contributed by atoms with E-state index in [4.69, 9.17) is 29.2 Å². The molecule has 2 aliphatic rings. The van der Waals surface area contributed by atoms with Gasteiger partial charge in [-0.25, -0.2) is 9.59 Å². The monoisotopic (exact) mass is 346 g/mol. The third kappa shape index (κ3) is 16.6. The molecule has 0 aromatic heterocycles. The lowest BCUT2D eigenvalue weighted by Gasteiger charge is -2.02. The molecular formula is C16H26O8. The van der Waals surface area contributed by atoms with Gasteiger partial charge in [0.2, 0.25) is 0 Å². The van der Waals surface area contributed by atoms with Gasteiger partial charge in [-0.3, -0.25) is 0 Å². The number of hydrogen-bond donors (Lipinski definition) is 2. The molecule has 0 radical (unpaired) electrons. The van der Waals surface area contributed by atoms with E-state index < -0.39 is 11.9 Å². The molecule has 8 heteroatoms. The van der Waals surface area contributed by atoms with E-state index in [1.54, 1.807) is 0 Å². The van der Waals surface area contributed by atoms with Gasteiger partial charge in [0.15, 0.2) is 0 Å². The normalized spacial score (nSPS) is 19.8. The van der Waals surface area contributed by atoms with Crippen molar-refractivity contribution in [2.24, 2.45) is 0 Å².